The first kappa shape index (κ1) is 18.2. The fourth-order valence-electron chi connectivity index (χ4n) is 3.65. The quantitative estimate of drug-likeness (QED) is 0.706. The van der Waals surface area contributed by atoms with E-state index in [0.29, 0.717) is 26.1 Å². The fraction of sp³-hybridized carbons (Fsp3) is 0.261. The minimum absolute atomic E-state index is 0.0883. The lowest BCUT2D eigenvalue weighted by atomic mass is 9.98. The van der Waals surface area contributed by atoms with Gasteiger partial charge in [-0.05, 0) is 18.1 Å². The number of amides is 1. The second-order valence-electron chi connectivity index (χ2n) is 7.24. The molecule has 0 N–H and O–H groups in total. The molecule has 4 rings (SSSR count). The van der Waals surface area contributed by atoms with Crippen molar-refractivity contribution in [3.63, 3.8) is 0 Å². The van der Waals surface area contributed by atoms with Gasteiger partial charge in [0.2, 0.25) is 5.91 Å². The Morgan fingerprint density at radius 3 is 2.46 bits per heavy atom. The first-order chi connectivity index (χ1) is 13.6. The third kappa shape index (κ3) is 3.74. The van der Waals surface area contributed by atoms with Gasteiger partial charge >= 0.3 is 0 Å². The van der Waals surface area contributed by atoms with Crippen molar-refractivity contribution in [2.45, 2.75) is 32.4 Å². The lowest BCUT2D eigenvalue weighted by Crippen LogP contribution is -2.40. The smallest absolute Gasteiger partial charge is 0.267 e. The molecule has 5 heteroatoms. The summed E-state index contributed by atoms with van der Waals surface area (Å²) in [7, 11) is 0. The van der Waals surface area contributed by atoms with Crippen molar-refractivity contribution >= 4 is 5.91 Å². The van der Waals surface area contributed by atoms with Crippen molar-refractivity contribution in [1.82, 2.24) is 14.7 Å². The van der Waals surface area contributed by atoms with Gasteiger partial charge in [0.05, 0.1) is 18.2 Å². The molecule has 0 bridgehead atoms. The van der Waals surface area contributed by atoms with Crippen LogP contribution in [0.5, 0.6) is 0 Å². The number of rotatable bonds is 4. The van der Waals surface area contributed by atoms with Crippen LogP contribution in [0.4, 0.5) is 0 Å². The Labute approximate surface area is 164 Å². The van der Waals surface area contributed by atoms with E-state index in [0.717, 1.165) is 22.4 Å². The van der Waals surface area contributed by atoms with Gasteiger partial charge in [-0.15, -0.1) is 0 Å². The zero-order chi connectivity index (χ0) is 19.5. The van der Waals surface area contributed by atoms with Crippen LogP contribution < -0.4 is 5.56 Å². The fourth-order valence-corrected chi connectivity index (χ4v) is 3.65. The molecule has 0 unspecified atom stereocenters. The molecular formula is C23H23N3O2. The molecule has 3 aromatic rings. The second-order valence-corrected chi connectivity index (χ2v) is 7.24. The summed E-state index contributed by atoms with van der Waals surface area (Å²) < 4.78 is 1.51. The summed E-state index contributed by atoms with van der Waals surface area (Å²) in [5, 5.41) is 4.57. The topological polar surface area (TPSA) is 55.2 Å². The highest BCUT2D eigenvalue weighted by atomic mass is 16.2. The van der Waals surface area contributed by atoms with Gasteiger partial charge in [-0.3, -0.25) is 9.59 Å². The molecule has 142 valence electrons. The summed E-state index contributed by atoms with van der Waals surface area (Å²) in [6.07, 6.45) is 0.664. The molecule has 28 heavy (non-hydrogen) atoms. The van der Waals surface area contributed by atoms with Crippen molar-refractivity contribution in [2.24, 2.45) is 0 Å². The van der Waals surface area contributed by atoms with Gasteiger partial charge in [-0.25, -0.2) is 4.68 Å². The molecular weight excluding hydrogens is 350 g/mol. The van der Waals surface area contributed by atoms with Crippen molar-refractivity contribution in [2.75, 3.05) is 6.54 Å². The lowest BCUT2D eigenvalue weighted by molar-refractivity contribution is -0.133. The number of hydrogen-bond donors (Lipinski definition) is 0. The number of hydrogen-bond acceptors (Lipinski definition) is 3. The predicted molar refractivity (Wildman–Crippen MR) is 108 cm³/mol. The summed E-state index contributed by atoms with van der Waals surface area (Å²) in [6, 6.07) is 21.3. The van der Waals surface area contributed by atoms with Gasteiger partial charge in [0, 0.05) is 31.1 Å². The molecule has 0 fully saturated rings. The molecule has 0 saturated heterocycles. The molecule has 5 nitrogen and oxygen atoms in total. The number of nitrogens with zero attached hydrogens (tertiary/aromatic N) is 3. The molecule has 2 aromatic carbocycles. The first-order valence-electron chi connectivity index (χ1n) is 9.59. The SMILES string of the molecule is C[C@@H](C(=O)N1CCc2nn(Cc3ccccc3)c(=O)cc2C1)c1ccccc1. The molecule has 0 saturated carbocycles. The third-order valence-electron chi connectivity index (χ3n) is 5.30. The van der Waals surface area contributed by atoms with Gasteiger partial charge in [0.25, 0.3) is 5.56 Å². The Balaban J connectivity index is 1.52. The monoisotopic (exact) mass is 373 g/mol. The summed E-state index contributed by atoms with van der Waals surface area (Å²) in [5.74, 6) is -0.112. The van der Waals surface area contributed by atoms with E-state index in [1.165, 1.54) is 4.68 Å². The van der Waals surface area contributed by atoms with Crippen LogP contribution in [0.3, 0.4) is 0 Å². The largest absolute Gasteiger partial charge is 0.337 e. The van der Waals surface area contributed by atoms with Crippen LogP contribution in [0.25, 0.3) is 0 Å². The highest BCUT2D eigenvalue weighted by molar-refractivity contribution is 5.83. The summed E-state index contributed by atoms with van der Waals surface area (Å²) in [5.41, 5.74) is 3.69. The normalized spacial score (nSPS) is 14.4. The Hall–Kier alpha value is -3.21. The van der Waals surface area contributed by atoms with E-state index in [9.17, 15) is 9.59 Å². The average Bonchev–Trinajstić information content (AvgIpc) is 2.74. The van der Waals surface area contributed by atoms with Crippen molar-refractivity contribution in [3.05, 3.63) is 99.5 Å². The van der Waals surface area contributed by atoms with Crippen LogP contribution in [0, 0.1) is 0 Å². The van der Waals surface area contributed by atoms with Gasteiger partial charge < -0.3 is 4.90 Å². The zero-order valence-corrected chi connectivity index (χ0v) is 15.9. The second kappa shape index (κ2) is 7.80. The van der Waals surface area contributed by atoms with Crippen LogP contribution in [0.2, 0.25) is 0 Å². The maximum Gasteiger partial charge on any atom is 0.267 e. The first-order valence-corrected chi connectivity index (χ1v) is 9.59. The number of fused-ring (bicyclic) bond motifs is 1. The molecule has 1 aromatic heterocycles. The summed E-state index contributed by atoms with van der Waals surface area (Å²) in [4.78, 5) is 27.3. The minimum atomic E-state index is -0.200. The maximum atomic E-state index is 12.9. The zero-order valence-electron chi connectivity index (χ0n) is 15.9. The van der Waals surface area contributed by atoms with Crippen molar-refractivity contribution in [1.29, 1.82) is 0 Å². The van der Waals surface area contributed by atoms with Gasteiger partial charge in [-0.2, -0.15) is 5.10 Å². The van der Waals surface area contributed by atoms with E-state index in [1.807, 2.05) is 72.5 Å². The van der Waals surface area contributed by atoms with Gasteiger partial charge in [0.1, 0.15) is 0 Å². The lowest BCUT2D eigenvalue weighted by Gasteiger charge is -2.30. The van der Waals surface area contributed by atoms with Crippen molar-refractivity contribution < 1.29 is 4.79 Å². The predicted octanol–water partition coefficient (Wildman–Crippen LogP) is 2.98. The van der Waals surface area contributed by atoms with Gasteiger partial charge in [0.15, 0.2) is 0 Å². The van der Waals surface area contributed by atoms with E-state index in [1.54, 1.807) is 6.07 Å². The highest BCUT2D eigenvalue weighted by Gasteiger charge is 2.26. The number of carbonyl (C=O) groups excluding carboxylic acids is 1. The summed E-state index contributed by atoms with van der Waals surface area (Å²) >= 11 is 0. The highest BCUT2D eigenvalue weighted by Crippen LogP contribution is 2.22. The van der Waals surface area contributed by atoms with E-state index >= 15 is 0 Å². The van der Waals surface area contributed by atoms with Gasteiger partial charge in [-0.1, -0.05) is 60.7 Å². The Morgan fingerprint density at radius 2 is 1.75 bits per heavy atom. The Bertz CT molecular complexity index is 1030. The van der Waals surface area contributed by atoms with Crippen LogP contribution in [-0.4, -0.2) is 27.1 Å². The molecule has 1 atom stereocenters. The van der Waals surface area contributed by atoms with E-state index in [4.69, 9.17) is 0 Å². The molecule has 1 aliphatic rings. The standard InChI is InChI=1S/C23H23N3O2/c1-17(19-10-6-3-7-11-19)23(28)25-13-12-21-20(16-25)14-22(27)26(24-21)15-18-8-4-2-5-9-18/h2-11,14,17H,12-13,15-16H2,1H3/t17-/m1/s1. The number of carbonyl (C=O) groups is 1. The van der Waals surface area contributed by atoms with Crippen LogP contribution >= 0.6 is 0 Å². The molecule has 0 spiro atoms. The Kier molecular flexibility index (Phi) is 5.06. The van der Waals surface area contributed by atoms with E-state index in [-0.39, 0.29) is 17.4 Å². The van der Waals surface area contributed by atoms with Crippen LogP contribution in [0.1, 0.15) is 35.2 Å². The minimum Gasteiger partial charge on any atom is -0.337 e. The Morgan fingerprint density at radius 1 is 1.07 bits per heavy atom. The molecule has 1 amide bonds. The molecule has 0 radical (unpaired) electrons. The van der Waals surface area contributed by atoms with Crippen LogP contribution in [0.15, 0.2) is 71.5 Å². The maximum absolute atomic E-state index is 12.9. The third-order valence-corrected chi connectivity index (χ3v) is 5.30. The molecule has 2 heterocycles. The average molecular weight is 373 g/mol. The van der Waals surface area contributed by atoms with Crippen molar-refractivity contribution in [3.8, 4) is 0 Å². The number of aromatic nitrogens is 2. The van der Waals surface area contributed by atoms with E-state index < -0.39 is 0 Å². The summed E-state index contributed by atoms with van der Waals surface area (Å²) in [6.45, 7) is 3.46. The molecule has 1 aliphatic heterocycles. The van der Waals surface area contributed by atoms with E-state index in [2.05, 4.69) is 5.10 Å². The number of benzene rings is 2. The molecule has 0 aliphatic carbocycles. The van der Waals surface area contributed by atoms with Crippen LogP contribution in [-0.2, 0) is 24.3 Å².